The van der Waals surface area contributed by atoms with Crippen LogP contribution in [0.25, 0.3) is 10.2 Å². The second-order valence-electron chi connectivity index (χ2n) is 8.01. The Morgan fingerprint density at radius 2 is 1.91 bits per heavy atom. The topological polar surface area (TPSA) is 77.1 Å². The number of fused-ring (bicyclic) bond motifs is 1. The number of pyridine rings is 1. The molecule has 4 rings (SSSR count). The highest BCUT2D eigenvalue weighted by Gasteiger charge is 2.34. The van der Waals surface area contributed by atoms with Crippen LogP contribution in [0.1, 0.15) is 36.2 Å². The van der Waals surface area contributed by atoms with Crippen LogP contribution < -0.4 is 11.2 Å². The lowest BCUT2D eigenvalue weighted by atomic mass is 10.1. The first kappa shape index (κ1) is 24.7. The van der Waals surface area contributed by atoms with Gasteiger partial charge in [0.25, 0.3) is 5.56 Å². The van der Waals surface area contributed by atoms with E-state index in [1.165, 1.54) is 46.8 Å². The Kier molecular flexibility index (Phi) is 6.78. The molecule has 0 radical (unpaired) electrons. The lowest BCUT2D eigenvalue weighted by molar-refractivity contribution is -0.141. The Balaban J connectivity index is 2.00. The molecule has 12 heteroatoms. The predicted molar refractivity (Wildman–Crippen MR) is 128 cm³/mol. The molecular formula is C22H20F3N3O3S3. The fourth-order valence-corrected chi connectivity index (χ4v) is 6.86. The Morgan fingerprint density at radius 3 is 2.53 bits per heavy atom. The first-order chi connectivity index (χ1) is 16.0. The summed E-state index contributed by atoms with van der Waals surface area (Å²) in [5.74, 6) is 0.0902. The van der Waals surface area contributed by atoms with Gasteiger partial charge in [0.05, 0.1) is 20.2 Å². The molecule has 0 saturated heterocycles. The van der Waals surface area contributed by atoms with Gasteiger partial charge in [0.15, 0.2) is 0 Å². The number of halogens is 3. The molecule has 34 heavy (non-hydrogen) atoms. The predicted octanol–water partition coefficient (Wildman–Crippen LogP) is 5.13. The monoisotopic (exact) mass is 527 g/mol. The molecule has 6 nitrogen and oxygen atoms in total. The number of aliphatic hydroxyl groups excluding tert-OH is 1. The van der Waals surface area contributed by atoms with Crippen LogP contribution in [-0.2, 0) is 19.8 Å². The number of hydrogen-bond acceptors (Lipinski definition) is 7. The van der Waals surface area contributed by atoms with E-state index in [0.29, 0.717) is 16.3 Å². The third-order valence-corrected chi connectivity index (χ3v) is 8.55. The van der Waals surface area contributed by atoms with Crippen molar-refractivity contribution in [3.05, 3.63) is 72.8 Å². The second kappa shape index (κ2) is 9.33. The van der Waals surface area contributed by atoms with Crippen molar-refractivity contribution >= 4 is 44.7 Å². The molecule has 0 aliphatic rings. The Morgan fingerprint density at radius 1 is 1.18 bits per heavy atom. The van der Waals surface area contributed by atoms with Crippen LogP contribution in [0.5, 0.6) is 0 Å². The average Bonchev–Trinajstić information content (AvgIpc) is 3.42. The lowest BCUT2D eigenvalue weighted by Gasteiger charge is -2.13. The number of hydrogen-bond donors (Lipinski definition) is 1. The van der Waals surface area contributed by atoms with Crippen LogP contribution in [0.15, 0.2) is 54.4 Å². The zero-order chi connectivity index (χ0) is 24.8. The largest absolute Gasteiger partial charge is 0.433 e. The SMILES string of the molecule is CC(C)Cn1c(=O)n(C)c(=O)c2c(Sc3cccs3)c(C(O)c3cccc(C(F)(F)F)n3)sc21. The summed E-state index contributed by atoms with van der Waals surface area (Å²) in [6.45, 7) is 4.20. The van der Waals surface area contributed by atoms with Crippen LogP contribution in [0.3, 0.4) is 0 Å². The molecule has 0 fully saturated rings. The zero-order valence-corrected chi connectivity index (χ0v) is 20.7. The minimum absolute atomic E-state index is 0.0902. The van der Waals surface area contributed by atoms with Crippen molar-refractivity contribution in [3.63, 3.8) is 0 Å². The first-order valence-corrected chi connectivity index (χ1v) is 12.7. The minimum Gasteiger partial charge on any atom is -0.381 e. The van der Waals surface area contributed by atoms with E-state index < -0.39 is 29.2 Å². The number of rotatable bonds is 6. The summed E-state index contributed by atoms with van der Waals surface area (Å²) in [7, 11) is 1.39. The Bertz CT molecular complexity index is 1450. The van der Waals surface area contributed by atoms with Crippen molar-refractivity contribution in [2.45, 2.75) is 41.8 Å². The number of alkyl halides is 3. The highest BCUT2D eigenvalue weighted by atomic mass is 32.2. The van der Waals surface area contributed by atoms with E-state index in [2.05, 4.69) is 4.98 Å². The van der Waals surface area contributed by atoms with Crippen LogP contribution in [0.4, 0.5) is 13.2 Å². The summed E-state index contributed by atoms with van der Waals surface area (Å²) in [4.78, 5) is 30.8. The van der Waals surface area contributed by atoms with E-state index in [1.54, 1.807) is 0 Å². The second-order valence-corrected chi connectivity index (χ2v) is 11.3. The summed E-state index contributed by atoms with van der Waals surface area (Å²) in [5, 5.41) is 13.3. The van der Waals surface area contributed by atoms with Gasteiger partial charge in [-0.05, 0) is 29.5 Å². The van der Waals surface area contributed by atoms with Crippen LogP contribution in [0, 0.1) is 5.92 Å². The van der Waals surface area contributed by atoms with Crippen molar-refractivity contribution in [3.8, 4) is 0 Å². The first-order valence-electron chi connectivity index (χ1n) is 10.2. The molecule has 180 valence electrons. The van der Waals surface area contributed by atoms with Crippen LogP contribution in [0.2, 0.25) is 0 Å². The van der Waals surface area contributed by atoms with Crippen molar-refractivity contribution in [2.75, 3.05) is 0 Å². The molecule has 0 aliphatic heterocycles. The molecule has 0 saturated carbocycles. The van der Waals surface area contributed by atoms with Gasteiger partial charge in [0, 0.05) is 18.5 Å². The molecule has 0 aliphatic carbocycles. The van der Waals surface area contributed by atoms with E-state index in [1.807, 2.05) is 31.4 Å². The van der Waals surface area contributed by atoms with E-state index in [4.69, 9.17) is 0 Å². The maximum atomic E-state index is 13.2. The van der Waals surface area contributed by atoms with Gasteiger partial charge < -0.3 is 5.11 Å². The highest BCUT2D eigenvalue weighted by molar-refractivity contribution is 8.01. The molecule has 4 aromatic heterocycles. The molecule has 1 N–H and O–H groups in total. The normalized spacial score (nSPS) is 13.2. The van der Waals surface area contributed by atoms with Gasteiger partial charge >= 0.3 is 11.9 Å². The summed E-state index contributed by atoms with van der Waals surface area (Å²) in [5.41, 5.74) is -2.32. The third-order valence-electron chi connectivity index (χ3n) is 4.99. The van der Waals surface area contributed by atoms with Gasteiger partial charge in [-0.15, -0.1) is 22.7 Å². The van der Waals surface area contributed by atoms with Gasteiger partial charge in [-0.3, -0.25) is 13.9 Å². The summed E-state index contributed by atoms with van der Waals surface area (Å²) >= 11 is 3.69. The summed E-state index contributed by atoms with van der Waals surface area (Å²) in [6.07, 6.45) is -6.19. The van der Waals surface area contributed by atoms with Crippen molar-refractivity contribution in [1.82, 2.24) is 14.1 Å². The van der Waals surface area contributed by atoms with Crippen molar-refractivity contribution in [2.24, 2.45) is 13.0 Å². The molecule has 4 aromatic rings. The Labute approximate surface area is 204 Å². The third kappa shape index (κ3) is 4.59. The molecule has 0 bridgehead atoms. The van der Waals surface area contributed by atoms with E-state index in [-0.39, 0.29) is 21.9 Å². The number of thiophene rings is 2. The van der Waals surface area contributed by atoms with Crippen molar-refractivity contribution in [1.29, 1.82) is 0 Å². The average molecular weight is 528 g/mol. The molecule has 1 unspecified atom stereocenters. The van der Waals surface area contributed by atoms with Crippen LogP contribution in [-0.4, -0.2) is 19.2 Å². The van der Waals surface area contributed by atoms with E-state index in [9.17, 15) is 27.9 Å². The zero-order valence-electron chi connectivity index (χ0n) is 18.3. The van der Waals surface area contributed by atoms with Crippen molar-refractivity contribution < 1.29 is 18.3 Å². The smallest absolute Gasteiger partial charge is 0.381 e. The van der Waals surface area contributed by atoms with Gasteiger partial charge in [-0.1, -0.05) is 37.7 Å². The summed E-state index contributed by atoms with van der Waals surface area (Å²) in [6, 6.07) is 6.99. The van der Waals surface area contributed by atoms with Gasteiger partial charge in [0.2, 0.25) is 0 Å². The van der Waals surface area contributed by atoms with E-state index >= 15 is 0 Å². The van der Waals surface area contributed by atoms with Gasteiger partial charge in [-0.2, -0.15) is 13.2 Å². The number of aliphatic hydroxyl groups is 1. The fraction of sp³-hybridized carbons (Fsp3) is 0.318. The molecule has 0 amide bonds. The number of nitrogens with zero attached hydrogens (tertiary/aromatic N) is 3. The molecule has 0 aromatic carbocycles. The van der Waals surface area contributed by atoms with Crippen LogP contribution >= 0.6 is 34.4 Å². The lowest BCUT2D eigenvalue weighted by Crippen LogP contribution is -2.38. The minimum atomic E-state index is -4.67. The summed E-state index contributed by atoms with van der Waals surface area (Å²) < 4.78 is 43.0. The molecule has 4 heterocycles. The highest BCUT2D eigenvalue weighted by Crippen LogP contribution is 2.45. The Hall–Kier alpha value is -2.41. The van der Waals surface area contributed by atoms with E-state index in [0.717, 1.165) is 26.2 Å². The maximum Gasteiger partial charge on any atom is 0.433 e. The van der Waals surface area contributed by atoms with Gasteiger partial charge in [-0.25, -0.2) is 9.78 Å². The standard InChI is InChI=1S/C22H20F3N3O3S3/c1-11(2)10-28-20-15(19(30)27(3)21(28)31)17(33-14-8-5-9-32-14)18(34-20)16(29)12-6-4-7-13(26-12)22(23,24)25/h4-9,11,16,29H,10H2,1-3H3. The molecule has 1 atom stereocenters. The number of aromatic nitrogens is 3. The van der Waals surface area contributed by atoms with Gasteiger partial charge in [0.1, 0.15) is 16.6 Å². The fourth-order valence-electron chi connectivity index (χ4n) is 3.45. The molecular weight excluding hydrogens is 507 g/mol. The maximum absolute atomic E-state index is 13.2. The quantitative estimate of drug-likeness (QED) is 0.376. The molecule has 0 spiro atoms.